The zero-order valence-corrected chi connectivity index (χ0v) is 13.1. The quantitative estimate of drug-likeness (QED) is 0.840. The van der Waals surface area contributed by atoms with E-state index in [1.807, 2.05) is 50.3 Å². The Kier molecular flexibility index (Phi) is 3.90. The lowest BCUT2D eigenvalue weighted by Gasteiger charge is -2.09. The van der Waals surface area contributed by atoms with Gasteiger partial charge in [-0.05, 0) is 49.8 Å². The smallest absolute Gasteiger partial charge is 0.256 e. The second-order valence-corrected chi connectivity index (χ2v) is 5.87. The zero-order chi connectivity index (χ0) is 15.7. The van der Waals surface area contributed by atoms with Crippen molar-refractivity contribution in [3.63, 3.8) is 0 Å². The summed E-state index contributed by atoms with van der Waals surface area (Å²) < 4.78 is 5.62. The number of rotatable bonds is 3. The van der Waals surface area contributed by atoms with E-state index in [1.165, 1.54) is 0 Å². The minimum absolute atomic E-state index is 0.111. The maximum absolute atomic E-state index is 12.1. The van der Waals surface area contributed by atoms with Crippen LogP contribution in [0.4, 0.5) is 5.69 Å². The van der Waals surface area contributed by atoms with E-state index in [4.69, 9.17) is 16.3 Å². The molecule has 0 spiro atoms. The van der Waals surface area contributed by atoms with E-state index in [0.717, 1.165) is 22.6 Å². The van der Waals surface area contributed by atoms with E-state index in [1.54, 1.807) is 12.1 Å². The first-order chi connectivity index (χ1) is 10.5. The first kappa shape index (κ1) is 14.7. The summed E-state index contributed by atoms with van der Waals surface area (Å²) in [4.78, 5) is 12.1. The average molecular weight is 314 g/mol. The number of fused-ring (bicyclic) bond motifs is 1. The number of halogens is 1. The SMILES string of the molecule is CC(C)Oc1ccc(/C=C2/C(=O)Nc3cc(Cl)ccc32)cc1. The molecule has 0 atom stereocenters. The molecule has 112 valence electrons. The van der Waals surface area contributed by atoms with Crippen LogP contribution in [0.25, 0.3) is 11.6 Å². The molecule has 2 aromatic carbocycles. The number of ether oxygens (including phenoxy) is 1. The van der Waals surface area contributed by atoms with Gasteiger partial charge in [0.25, 0.3) is 5.91 Å². The molecule has 1 heterocycles. The van der Waals surface area contributed by atoms with Crippen molar-refractivity contribution in [3.05, 3.63) is 58.6 Å². The molecule has 2 aromatic rings. The van der Waals surface area contributed by atoms with Gasteiger partial charge in [-0.2, -0.15) is 0 Å². The van der Waals surface area contributed by atoms with Crippen LogP contribution in [0.5, 0.6) is 5.75 Å². The molecule has 0 aliphatic carbocycles. The van der Waals surface area contributed by atoms with Gasteiger partial charge in [0.15, 0.2) is 0 Å². The molecule has 1 amide bonds. The maximum Gasteiger partial charge on any atom is 0.256 e. The number of amides is 1. The van der Waals surface area contributed by atoms with Crippen molar-refractivity contribution in [2.45, 2.75) is 20.0 Å². The molecular weight excluding hydrogens is 298 g/mol. The fourth-order valence-electron chi connectivity index (χ4n) is 2.39. The van der Waals surface area contributed by atoms with Gasteiger partial charge in [-0.15, -0.1) is 0 Å². The zero-order valence-electron chi connectivity index (χ0n) is 12.4. The Morgan fingerprint density at radius 2 is 1.86 bits per heavy atom. The first-order valence-electron chi connectivity index (χ1n) is 7.12. The maximum atomic E-state index is 12.1. The van der Waals surface area contributed by atoms with Gasteiger partial charge in [0.1, 0.15) is 5.75 Å². The van der Waals surface area contributed by atoms with Crippen LogP contribution in [-0.2, 0) is 4.79 Å². The molecule has 1 N–H and O–H groups in total. The molecule has 4 heteroatoms. The third-order valence-electron chi connectivity index (χ3n) is 3.33. The first-order valence-corrected chi connectivity index (χ1v) is 7.50. The van der Waals surface area contributed by atoms with E-state index >= 15 is 0 Å². The minimum Gasteiger partial charge on any atom is -0.491 e. The van der Waals surface area contributed by atoms with Gasteiger partial charge in [0.2, 0.25) is 0 Å². The average Bonchev–Trinajstić information content (AvgIpc) is 2.75. The van der Waals surface area contributed by atoms with Gasteiger partial charge in [-0.3, -0.25) is 4.79 Å². The number of benzene rings is 2. The topological polar surface area (TPSA) is 38.3 Å². The van der Waals surface area contributed by atoms with Gasteiger partial charge < -0.3 is 10.1 Å². The van der Waals surface area contributed by atoms with Crippen LogP contribution in [0.2, 0.25) is 5.02 Å². The van der Waals surface area contributed by atoms with Crippen molar-refractivity contribution >= 4 is 34.8 Å². The summed E-state index contributed by atoms with van der Waals surface area (Å²) in [5.74, 6) is 0.708. The van der Waals surface area contributed by atoms with E-state index in [0.29, 0.717) is 10.6 Å². The lowest BCUT2D eigenvalue weighted by atomic mass is 10.0. The number of nitrogens with one attached hydrogen (secondary N) is 1. The number of anilines is 1. The molecule has 0 unspecified atom stereocenters. The molecule has 0 radical (unpaired) electrons. The van der Waals surface area contributed by atoms with E-state index in [-0.39, 0.29) is 12.0 Å². The van der Waals surface area contributed by atoms with Gasteiger partial charge in [-0.25, -0.2) is 0 Å². The van der Waals surface area contributed by atoms with Crippen LogP contribution in [-0.4, -0.2) is 12.0 Å². The van der Waals surface area contributed by atoms with Crippen LogP contribution >= 0.6 is 11.6 Å². The van der Waals surface area contributed by atoms with Crippen molar-refractivity contribution in [1.29, 1.82) is 0 Å². The summed E-state index contributed by atoms with van der Waals surface area (Å²) in [6.07, 6.45) is 2.01. The minimum atomic E-state index is -0.111. The van der Waals surface area contributed by atoms with Crippen LogP contribution in [0.3, 0.4) is 0 Å². The third kappa shape index (κ3) is 3.00. The van der Waals surface area contributed by atoms with Crippen LogP contribution in [0, 0.1) is 0 Å². The Morgan fingerprint density at radius 1 is 1.14 bits per heavy atom. The molecule has 0 saturated heterocycles. The molecule has 0 aromatic heterocycles. The molecule has 0 fully saturated rings. The Balaban J connectivity index is 1.91. The fraction of sp³-hybridized carbons (Fsp3) is 0.167. The molecule has 0 bridgehead atoms. The van der Waals surface area contributed by atoms with Gasteiger partial charge in [-0.1, -0.05) is 29.8 Å². The molecule has 1 aliphatic heterocycles. The molecule has 3 rings (SSSR count). The highest BCUT2D eigenvalue weighted by molar-refractivity contribution is 6.36. The summed E-state index contributed by atoms with van der Waals surface area (Å²) in [5.41, 5.74) is 3.22. The van der Waals surface area contributed by atoms with Crippen molar-refractivity contribution in [3.8, 4) is 5.75 Å². The van der Waals surface area contributed by atoms with Crippen molar-refractivity contribution in [1.82, 2.24) is 0 Å². The van der Waals surface area contributed by atoms with Crippen molar-refractivity contribution in [2.75, 3.05) is 5.32 Å². The number of hydrogen-bond donors (Lipinski definition) is 1. The monoisotopic (exact) mass is 313 g/mol. The Morgan fingerprint density at radius 3 is 2.55 bits per heavy atom. The molecule has 1 aliphatic rings. The van der Waals surface area contributed by atoms with Crippen LogP contribution < -0.4 is 10.1 Å². The molecule has 0 saturated carbocycles. The summed E-state index contributed by atoms with van der Waals surface area (Å²) in [6.45, 7) is 3.97. The third-order valence-corrected chi connectivity index (χ3v) is 3.56. The number of carbonyl (C=O) groups is 1. The Labute approximate surface area is 134 Å². The predicted octanol–water partition coefficient (Wildman–Crippen LogP) is 4.62. The fourth-order valence-corrected chi connectivity index (χ4v) is 2.56. The second kappa shape index (κ2) is 5.85. The predicted molar refractivity (Wildman–Crippen MR) is 90.2 cm³/mol. The summed E-state index contributed by atoms with van der Waals surface area (Å²) in [5, 5.41) is 3.44. The lowest BCUT2D eigenvalue weighted by molar-refractivity contribution is -0.110. The van der Waals surface area contributed by atoms with Gasteiger partial charge in [0, 0.05) is 16.2 Å². The van der Waals surface area contributed by atoms with E-state index in [2.05, 4.69) is 5.32 Å². The molecule has 22 heavy (non-hydrogen) atoms. The second-order valence-electron chi connectivity index (χ2n) is 5.44. The lowest BCUT2D eigenvalue weighted by Crippen LogP contribution is -2.05. The van der Waals surface area contributed by atoms with Crippen LogP contribution in [0.1, 0.15) is 25.0 Å². The normalized spacial score (nSPS) is 15.1. The summed E-state index contributed by atoms with van der Waals surface area (Å²) in [7, 11) is 0. The Bertz CT molecular complexity index is 748. The molecular formula is C18H16ClNO2. The van der Waals surface area contributed by atoms with Crippen molar-refractivity contribution in [2.24, 2.45) is 0 Å². The van der Waals surface area contributed by atoms with Gasteiger partial charge in [0.05, 0.1) is 11.8 Å². The Hall–Kier alpha value is -2.26. The number of hydrogen-bond acceptors (Lipinski definition) is 2. The van der Waals surface area contributed by atoms with Crippen molar-refractivity contribution < 1.29 is 9.53 Å². The van der Waals surface area contributed by atoms with E-state index in [9.17, 15) is 4.79 Å². The van der Waals surface area contributed by atoms with E-state index < -0.39 is 0 Å². The summed E-state index contributed by atoms with van der Waals surface area (Å²) in [6, 6.07) is 13.1. The summed E-state index contributed by atoms with van der Waals surface area (Å²) >= 11 is 5.95. The van der Waals surface area contributed by atoms with Crippen LogP contribution in [0.15, 0.2) is 42.5 Å². The van der Waals surface area contributed by atoms with Gasteiger partial charge >= 0.3 is 0 Å². The highest BCUT2D eigenvalue weighted by Gasteiger charge is 2.23. The largest absolute Gasteiger partial charge is 0.491 e. The number of carbonyl (C=O) groups excluding carboxylic acids is 1. The standard InChI is InChI=1S/C18H16ClNO2/c1-11(2)22-14-6-3-12(4-7-14)9-16-15-8-5-13(19)10-17(15)20-18(16)21/h3-11H,1-2H3,(H,20,21)/b16-9+. The highest BCUT2D eigenvalue weighted by atomic mass is 35.5. The highest BCUT2D eigenvalue weighted by Crippen LogP contribution is 2.35. The molecule has 3 nitrogen and oxygen atoms in total.